The van der Waals surface area contributed by atoms with Gasteiger partial charge in [0.05, 0.1) is 17.7 Å². The number of nitrogens with one attached hydrogen (secondary N) is 1. The minimum absolute atomic E-state index is 0.164. The Bertz CT molecular complexity index is 498. The molecule has 0 aromatic heterocycles. The lowest BCUT2D eigenvalue weighted by Crippen LogP contribution is -2.25. The molecule has 0 saturated carbocycles. The Morgan fingerprint density at radius 2 is 2.06 bits per heavy atom. The second-order valence-electron chi connectivity index (χ2n) is 4.48. The Labute approximate surface area is 108 Å². The van der Waals surface area contributed by atoms with Crippen molar-refractivity contribution in [3.8, 4) is 5.75 Å². The molecule has 0 bridgehead atoms. The number of rotatable bonds is 6. The maximum absolute atomic E-state index is 12.0. The summed E-state index contributed by atoms with van der Waals surface area (Å²) in [5.41, 5.74) is 6.06. The van der Waals surface area contributed by atoms with Crippen LogP contribution < -0.4 is 15.2 Å². The van der Waals surface area contributed by atoms with Gasteiger partial charge in [0.1, 0.15) is 5.75 Å². The molecule has 3 N–H and O–H groups in total. The SMILES string of the molecule is COc1cc(S(=O)(=O)NCCC(C)C)ccc1N. The van der Waals surface area contributed by atoms with Gasteiger partial charge in [0.25, 0.3) is 0 Å². The van der Waals surface area contributed by atoms with Crippen molar-refractivity contribution in [2.45, 2.75) is 25.2 Å². The fourth-order valence-electron chi connectivity index (χ4n) is 1.42. The van der Waals surface area contributed by atoms with Crippen molar-refractivity contribution in [3.05, 3.63) is 18.2 Å². The van der Waals surface area contributed by atoms with E-state index in [1.165, 1.54) is 25.3 Å². The van der Waals surface area contributed by atoms with Crippen molar-refractivity contribution in [2.24, 2.45) is 5.92 Å². The summed E-state index contributed by atoms with van der Waals surface area (Å²) in [7, 11) is -2.04. The molecule has 1 aromatic carbocycles. The number of anilines is 1. The third kappa shape index (κ3) is 3.89. The fourth-order valence-corrected chi connectivity index (χ4v) is 2.49. The molecule has 0 atom stereocenters. The van der Waals surface area contributed by atoms with Crippen molar-refractivity contribution < 1.29 is 13.2 Å². The van der Waals surface area contributed by atoms with Crippen LogP contribution in [0.4, 0.5) is 5.69 Å². The van der Waals surface area contributed by atoms with Crippen LogP contribution in [0.1, 0.15) is 20.3 Å². The Kier molecular flexibility index (Phi) is 4.98. The van der Waals surface area contributed by atoms with E-state index >= 15 is 0 Å². The quantitative estimate of drug-likeness (QED) is 0.771. The molecule has 102 valence electrons. The lowest BCUT2D eigenvalue weighted by molar-refractivity contribution is 0.415. The highest BCUT2D eigenvalue weighted by Crippen LogP contribution is 2.24. The Hall–Kier alpha value is -1.27. The molecule has 6 heteroatoms. The number of hydrogen-bond acceptors (Lipinski definition) is 4. The standard InChI is InChI=1S/C12H20N2O3S/c1-9(2)6-7-14-18(15,16)10-4-5-11(13)12(8-10)17-3/h4-5,8-9,14H,6-7,13H2,1-3H3. The maximum Gasteiger partial charge on any atom is 0.240 e. The lowest BCUT2D eigenvalue weighted by Gasteiger charge is -2.10. The van der Waals surface area contributed by atoms with Gasteiger partial charge in [-0.25, -0.2) is 13.1 Å². The van der Waals surface area contributed by atoms with Gasteiger partial charge in [0, 0.05) is 12.6 Å². The van der Waals surface area contributed by atoms with Crippen LogP contribution in [0.25, 0.3) is 0 Å². The second-order valence-corrected chi connectivity index (χ2v) is 6.25. The number of benzene rings is 1. The molecule has 0 aliphatic rings. The van der Waals surface area contributed by atoms with E-state index in [1.54, 1.807) is 0 Å². The van der Waals surface area contributed by atoms with Gasteiger partial charge < -0.3 is 10.5 Å². The largest absolute Gasteiger partial charge is 0.495 e. The predicted molar refractivity (Wildman–Crippen MR) is 72.0 cm³/mol. The highest BCUT2D eigenvalue weighted by molar-refractivity contribution is 7.89. The van der Waals surface area contributed by atoms with Crippen LogP contribution in [0.15, 0.2) is 23.1 Å². The van der Waals surface area contributed by atoms with Crippen molar-refractivity contribution in [1.82, 2.24) is 4.72 Å². The van der Waals surface area contributed by atoms with Crippen LogP contribution in [0.3, 0.4) is 0 Å². The minimum atomic E-state index is -3.49. The summed E-state index contributed by atoms with van der Waals surface area (Å²) in [6.07, 6.45) is 0.797. The summed E-state index contributed by atoms with van der Waals surface area (Å²) in [4.78, 5) is 0.164. The molecule has 0 saturated heterocycles. The molecule has 0 spiro atoms. The van der Waals surface area contributed by atoms with E-state index in [0.717, 1.165) is 6.42 Å². The van der Waals surface area contributed by atoms with Gasteiger partial charge in [-0.2, -0.15) is 0 Å². The molecule has 5 nitrogen and oxygen atoms in total. The zero-order valence-corrected chi connectivity index (χ0v) is 11.8. The molecule has 0 unspecified atom stereocenters. The summed E-state index contributed by atoms with van der Waals surface area (Å²) in [5.74, 6) is 0.815. The first-order valence-corrected chi connectivity index (χ1v) is 7.28. The first-order chi connectivity index (χ1) is 8.36. The van der Waals surface area contributed by atoms with Crippen molar-refractivity contribution >= 4 is 15.7 Å². The van der Waals surface area contributed by atoms with Gasteiger partial charge in [-0.1, -0.05) is 13.8 Å². The van der Waals surface area contributed by atoms with Crippen LogP contribution in [0, 0.1) is 5.92 Å². The van der Waals surface area contributed by atoms with E-state index < -0.39 is 10.0 Å². The van der Waals surface area contributed by atoms with E-state index in [2.05, 4.69) is 4.72 Å². The van der Waals surface area contributed by atoms with E-state index in [1.807, 2.05) is 13.8 Å². The predicted octanol–water partition coefficient (Wildman–Crippen LogP) is 1.60. The fraction of sp³-hybridized carbons (Fsp3) is 0.500. The van der Waals surface area contributed by atoms with Crippen LogP contribution in [0.5, 0.6) is 5.75 Å². The highest BCUT2D eigenvalue weighted by atomic mass is 32.2. The smallest absolute Gasteiger partial charge is 0.240 e. The summed E-state index contributed by atoms with van der Waals surface area (Å²) in [6.45, 7) is 4.51. The number of nitrogen functional groups attached to an aromatic ring is 1. The lowest BCUT2D eigenvalue weighted by atomic mass is 10.1. The molecule has 0 heterocycles. The number of nitrogens with two attached hydrogens (primary N) is 1. The van der Waals surface area contributed by atoms with Crippen LogP contribution in [-0.4, -0.2) is 22.1 Å². The molecule has 0 amide bonds. The van der Waals surface area contributed by atoms with Gasteiger partial charge in [0.15, 0.2) is 0 Å². The van der Waals surface area contributed by atoms with Crippen LogP contribution in [-0.2, 0) is 10.0 Å². The average molecular weight is 272 g/mol. The van der Waals surface area contributed by atoms with Gasteiger partial charge in [-0.3, -0.25) is 0 Å². The molecule has 0 aliphatic heterocycles. The Morgan fingerprint density at radius 1 is 1.39 bits per heavy atom. The van der Waals surface area contributed by atoms with Gasteiger partial charge >= 0.3 is 0 Å². The minimum Gasteiger partial charge on any atom is -0.495 e. The molecule has 18 heavy (non-hydrogen) atoms. The summed E-state index contributed by atoms with van der Waals surface area (Å²) < 4.78 is 31.5. The molecule has 0 fully saturated rings. The highest BCUT2D eigenvalue weighted by Gasteiger charge is 2.15. The van der Waals surface area contributed by atoms with E-state index in [9.17, 15) is 8.42 Å². The van der Waals surface area contributed by atoms with E-state index in [-0.39, 0.29) is 4.90 Å². The van der Waals surface area contributed by atoms with Crippen molar-refractivity contribution in [1.29, 1.82) is 0 Å². The van der Waals surface area contributed by atoms with Gasteiger partial charge in [0.2, 0.25) is 10.0 Å². The number of ether oxygens (including phenoxy) is 1. The number of sulfonamides is 1. The molecular weight excluding hydrogens is 252 g/mol. The van der Waals surface area contributed by atoms with Crippen LogP contribution in [0.2, 0.25) is 0 Å². The first kappa shape index (κ1) is 14.8. The summed E-state index contributed by atoms with van der Waals surface area (Å²) in [5, 5.41) is 0. The molecule has 1 aromatic rings. The van der Waals surface area contributed by atoms with Gasteiger partial charge in [-0.15, -0.1) is 0 Å². The summed E-state index contributed by atoms with van der Waals surface area (Å²) >= 11 is 0. The second kappa shape index (κ2) is 6.06. The molecular formula is C12H20N2O3S. The molecule has 0 radical (unpaired) electrons. The van der Waals surface area contributed by atoms with E-state index in [4.69, 9.17) is 10.5 Å². The average Bonchev–Trinajstić information content (AvgIpc) is 2.28. The monoisotopic (exact) mass is 272 g/mol. The Morgan fingerprint density at radius 3 is 2.61 bits per heavy atom. The van der Waals surface area contributed by atoms with E-state index in [0.29, 0.717) is 23.9 Å². The van der Waals surface area contributed by atoms with Gasteiger partial charge in [-0.05, 0) is 24.5 Å². The first-order valence-electron chi connectivity index (χ1n) is 5.80. The van der Waals surface area contributed by atoms with Crippen LogP contribution >= 0.6 is 0 Å². The zero-order chi connectivity index (χ0) is 13.8. The summed E-state index contributed by atoms with van der Waals surface area (Å²) in [6, 6.07) is 4.42. The number of hydrogen-bond donors (Lipinski definition) is 2. The number of methoxy groups -OCH3 is 1. The topological polar surface area (TPSA) is 81.4 Å². The van der Waals surface area contributed by atoms with Crippen molar-refractivity contribution in [2.75, 3.05) is 19.4 Å². The normalized spacial score (nSPS) is 11.8. The Balaban J connectivity index is 2.85. The zero-order valence-electron chi connectivity index (χ0n) is 10.9. The third-order valence-corrected chi connectivity index (χ3v) is 3.99. The third-order valence-electron chi connectivity index (χ3n) is 2.53. The molecule has 1 rings (SSSR count). The molecule has 0 aliphatic carbocycles. The maximum atomic E-state index is 12.0. The van der Waals surface area contributed by atoms with Crippen molar-refractivity contribution in [3.63, 3.8) is 0 Å².